The summed E-state index contributed by atoms with van der Waals surface area (Å²) in [6, 6.07) is 10.1. The highest BCUT2D eigenvalue weighted by molar-refractivity contribution is 5.48. The lowest BCUT2D eigenvalue weighted by Gasteiger charge is -2.15. The molecular formula is C15H17NO3. The van der Waals surface area contributed by atoms with Crippen molar-refractivity contribution < 1.29 is 13.9 Å². The summed E-state index contributed by atoms with van der Waals surface area (Å²) in [4.78, 5) is 0. The molecular weight excluding hydrogens is 242 g/mol. The molecule has 4 heteroatoms. The molecule has 2 heterocycles. The van der Waals surface area contributed by atoms with Gasteiger partial charge in [0, 0.05) is 12.1 Å². The molecule has 4 nitrogen and oxygen atoms in total. The van der Waals surface area contributed by atoms with Gasteiger partial charge in [0.1, 0.15) is 5.76 Å². The molecule has 1 aliphatic heterocycles. The molecule has 1 aromatic heterocycles. The maximum absolute atomic E-state index is 5.50. The van der Waals surface area contributed by atoms with Gasteiger partial charge in [-0.25, -0.2) is 0 Å². The third-order valence-corrected chi connectivity index (χ3v) is 3.31. The Kier molecular flexibility index (Phi) is 3.42. The van der Waals surface area contributed by atoms with Gasteiger partial charge in [-0.05, 0) is 24.6 Å². The summed E-state index contributed by atoms with van der Waals surface area (Å²) < 4.78 is 16.3. The number of furan rings is 1. The first-order valence-corrected chi connectivity index (χ1v) is 6.52. The minimum Gasteiger partial charge on any atom is -0.468 e. The number of benzene rings is 1. The zero-order chi connectivity index (χ0) is 13.1. The largest absolute Gasteiger partial charge is 0.468 e. The van der Waals surface area contributed by atoms with Gasteiger partial charge in [0.2, 0.25) is 6.79 Å². The fourth-order valence-electron chi connectivity index (χ4n) is 2.30. The second-order valence-corrected chi connectivity index (χ2v) is 4.51. The molecule has 0 aliphatic carbocycles. The fourth-order valence-corrected chi connectivity index (χ4v) is 2.30. The lowest BCUT2D eigenvalue weighted by atomic mass is 10.1. The predicted octanol–water partition coefficient (Wildman–Crippen LogP) is 3.25. The Balaban J connectivity index is 1.71. The molecule has 2 aromatic rings. The molecule has 0 amide bonds. The molecule has 1 unspecified atom stereocenters. The summed E-state index contributed by atoms with van der Waals surface area (Å²) >= 11 is 0. The van der Waals surface area contributed by atoms with Gasteiger partial charge < -0.3 is 19.2 Å². The highest BCUT2D eigenvalue weighted by atomic mass is 16.7. The van der Waals surface area contributed by atoms with E-state index >= 15 is 0 Å². The smallest absolute Gasteiger partial charge is 0.231 e. The minimum atomic E-state index is 0.216. The number of para-hydroxylation sites is 1. The van der Waals surface area contributed by atoms with Crippen LogP contribution < -0.4 is 14.8 Å². The lowest BCUT2D eigenvalue weighted by Crippen LogP contribution is -2.20. The number of hydrogen-bond acceptors (Lipinski definition) is 4. The van der Waals surface area contributed by atoms with Gasteiger partial charge in [-0.15, -0.1) is 0 Å². The molecule has 1 aliphatic rings. The van der Waals surface area contributed by atoms with Crippen molar-refractivity contribution in [3.05, 3.63) is 47.9 Å². The SMILES string of the molecule is CCC(NCc1cccc2c1OCO2)c1ccco1. The lowest BCUT2D eigenvalue weighted by molar-refractivity contribution is 0.173. The molecule has 0 bridgehead atoms. The van der Waals surface area contributed by atoms with Crippen LogP contribution in [0.1, 0.15) is 30.7 Å². The zero-order valence-electron chi connectivity index (χ0n) is 10.9. The van der Waals surface area contributed by atoms with Crippen LogP contribution >= 0.6 is 0 Å². The van der Waals surface area contributed by atoms with Crippen molar-refractivity contribution in [2.45, 2.75) is 25.9 Å². The normalized spacial score (nSPS) is 14.6. The predicted molar refractivity (Wildman–Crippen MR) is 71.1 cm³/mol. The maximum atomic E-state index is 5.50. The Labute approximate surface area is 112 Å². The van der Waals surface area contributed by atoms with Gasteiger partial charge in [0.05, 0.1) is 12.3 Å². The van der Waals surface area contributed by atoms with Gasteiger partial charge in [0.25, 0.3) is 0 Å². The van der Waals surface area contributed by atoms with Crippen LogP contribution in [-0.2, 0) is 6.54 Å². The van der Waals surface area contributed by atoms with Crippen LogP contribution in [0.5, 0.6) is 11.5 Å². The number of nitrogens with one attached hydrogen (secondary N) is 1. The van der Waals surface area contributed by atoms with E-state index in [0.29, 0.717) is 6.79 Å². The molecule has 3 rings (SSSR count). The third kappa shape index (κ3) is 2.44. The van der Waals surface area contributed by atoms with E-state index in [1.807, 2.05) is 24.3 Å². The van der Waals surface area contributed by atoms with Crippen molar-refractivity contribution in [2.75, 3.05) is 6.79 Å². The van der Waals surface area contributed by atoms with E-state index in [4.69, 9.17) is 13.9 Å². The number of fused-ring (bicyclic) bond motifs is 1. The molecule has 0 saturated carbocycles. The molecule has 19 heavy (non-hydrogen) atoms. The Morgan fingerprint density at radius 3 is 2.95 bits per heavy atom. The van der Waals surface area contributed by atoms with E-state index in [0.717, 1.165) is 35.8 Å². The third-order valence-electron chi connectivity index (χ3n) is 3.31. The van der Waals surface area contributed by atoms with Crippen molar-refractivity contribution in [3.63, 3.8) is 0 Å². The summed E-state index contributed by atoms with van der Waals surface area (Å²) in [5.41, 5.74) is 1.11. The van der Waals surface area contributed by atoms with E-state index in [-0.39, 0.29) is 6.04 Å². The van der Waals surface area contributed by atoms with Crippen LogP contribution in [0, 0.1) is 0 Å². The first-order valence-electron chi connectivity index (χ1n) is 6.52. The molecule has 1 atom stereocenters. The summed E-state index contributed by atoms with van der Waals surface area (Å²) in [6.45, 7) is 3.17. The first-order chi connectivity index (χ1) is 9.38. The van der Waals surface area contributed by atoms with E-state index in [1.54, 1.807) is 6.26 Å². The first kappa shape index (κ1) is 12.1. The average molecular weight is 259 g/mol. The van der Waals surface area contributed by atoms with Gasteiger partial charge in [-0.1, -0.05) is 19.1 Å². The Morgan fingerprint density at radius 2 is 2.16 bits per heavy atom. The van der Waals surface area contributed by atoms with Gasteiger partial charge in [-0.3, -0.25) is 0 Å². The number of rotatable bonds is 5. The number of hydrogen-bond donors (Lipinski definition) is 1. The highest BCUT2D eigenvalue weighted by Gasteiger charge is 2.18. The Bertz CT molecular complexity index is 536. The highest BCUT2D eigenvalue weighted by Crippen LogP contribution is 2.35. The molecule has 1 N–H and O–H groups in total. The Morgan fingerprint density at radius 1 is 1.21 bits per heavy atom. The molecule has 0 saturated heterocycles. The van der Waals surface area contributed by atoms with Gasteiger partial charge in [-0.2, -0.15) is 0 Å². The zero-order valence-corrected chi connectivity index (χ0v) is 10.9. The van der Waals surface area contributed by atoms with Crippen LogP contribution in [0.2, 0.25) is 0 Å². The molecule has 0 fully saturated rings. The summed E-state index contributed by atoms with van der Waals surface area (Å²) in [5, 5.41) is 3.49. The standard InChI is InChI=1S/C15H17NO3/c1-2-12(13-7-4-8-17-13)16-9-11-5-3-6-14-15(11)19-10-18-14/h3-8,12,16H,2,9-10H2,1H3. The molecule has 100 valence electrons. The van der Waals surface area contributed by atoms with Crippen LogP contribution in [0.15, 0.2) is 41.0 Å². The van der Waals surface area contributed by atoms with E-state index in [9.17, 15) is 0 Å². The van der Waals surface area contributed by atoms with Crippen molar-refractivity contribution in [3.8, 4) is 11.5 Å². The van der Waals surface area contributed by atoms with Gasteiger partial charge >= 0.3 is 0 Å². The van der Waals surface area contributed by atoms with Crippen LogP contribution in [0.3, 0.4) is 0 Å². The fraction of sp³-hybridized carbons (Fsp3) is 0.333. The van der Waals surface area contributed by atoms with Crippen LogP contribution in [0.4, 0.5) is 0 Å². The van der Waals surface area contributed by atoms with Crippen LogP contribution in [-0.4, -0.2) is 6.79 Å². The van der Waals surface area contributed by atoms with Crippen molar-refractivity contribution >= 4 is 0 Å². The second kappa shape index (κ2) is 5.36. The molecule has 0 spiro atoms. The monoisotopic (exact) mass is 259 g/mol. The maximum Gasteiger partial charge on any atom is 0.231 e. The number of ether oxygens (including phenoxy) is 2. The van der Waals surface area contributed by atoms with Crippen molar-refractivity contribution in [1.82, 2.24) is 5.32 Å². The summed E-state index contributed by atoms with van der Waals surface area (Å²) in [7, 11) is 0. The Hall–Kier alpha value is -1.94. The topological polar surface area (TPSA) is 43.6 Å². The quantitative estimate of drug-likeness (QED) is 0.895. The van der Waals surface area contributed by atoms with Crippen molar-refractivity contribution in [2.24, 2.45) is 0 Å². The van der Waals surface area contributed by atoms with E-state index in [1.165, 1.54) is 0 Å². The molecule has 1 aromatic carbocycles. The van der Waals surface area contributed by atoms with Gasteiger partial charge in [0.15, 0.2) is 11.5 Å². The average Bonchev–Trinajstić information content (AvgIpc) is 3.10. The minimum absolute atomic E-state index is 0.216. The van der Waals surface area contributed by atoms with E-state index in [2.05, 4.69) is 18.3 Å². The second-order valence-electron chi connectivity index (χ2n) is 4.51. The van der Waals surface area contributed by atoms with Crippen LogP contribution in [0.25, 0.3) is 0 Å². The summed E-state index contributed by atoms with van der Waals surface area (Å²) in [6.07, 6.45) is 2.68. The van der Waals surface area contributed by atoms with E-state index < -0.39 is 0 Å². The summed E-state index contributed by atoms with van der Waals surface area (Å²) in [5.74, 6) is 2.64. The van der Waals surface area contributed by atoms with Crippen molar-refractivity contribution in [1.29, 1.82) is 0 Å². The molecule has 0 radical (unpaired) electrons.